The van der Waals surface area contributed by atoms with Crippen molar-refractivity contribution < 1.29 is 20.1 Å². The number of hydrogen-bond acceptors (Lipinski definition) is 2. The van der Waals surface area contributed by atoms with Crippen LogP contribution in [-0.4, -0.2) is 9.97 Å². The first-order valence-corrected chi connectivity index (χ1v) is 8.61. The molecule has 0 fully saturated rings. The van der Waals surface area contributed by atoms with E-state index >= 15 is 0 Å². The summed E-state index contributed by atoms with van der Waals surface area (Å²) in [5.74, 6) is 0. The summed E-state index contributed by atoms with van der Waals surface area (Å²) in [6, 6.07) is 34.1. The molecule has 0 N–H and O–H groups in total. The summed E-state index contributed by atoms with van der Waals surface area (Å²) in [5.41, 5.74) is 5.93. The van der Waals surface area contributed by atoms with E-state index in [9.17, 15) is 0 Å². The zero-order chi connectivity index (χ0) is 17.3. The molecule has 0 aliphatic heterocycles. The van der Waals surface area contributed by atoms with Gasteiger partial charge in [0, 0.05) is 31.2 Å². The minimum absolute atomic E-state index is 0. The molecule has 1 radical (unpaired) electrons. The number of fused-ring (bicyclic) bond motifs is 2. The van der Waals surface area contributed by atoms with Gasteiger partial charge in [-0.2, -0.15) is 0 Å². The predicted molar refractivity (Wildman–Crippen MR) is 107 cm³/mol. The molecule has 0 saturated heterocycles. The van der Waals surface area contributed by atoms with E-state index in [1.807, 2.05) is 48.5 Å². The molecule has 0 spiro atoms. The van der Waals surface area contributed by atoms with Crippen molar-refractivity contribution in [2.45, 2.75) is 0 Å². The number of pyridine rings is 2. The van der Waals surface area contributed by atoms with Gasteiger partial charge in [0.15, 0.2) is 0 Å². The third kappa shape index (κ3) is 3.40. The molecular weight excluding hydrogens is 508 g/mol. The number of hydrogen-bond donors (Lipinski definition) is 0. The molecule has 5 aromatic rings. The number of benzene rings is 3. The Labute approximate surface area is 171 Å². The summed E-state index contributed by atoms with van der Waals surface area (Å²) in [7, 11) is 0. The van der Waals surface area contributed by atoms with Crippen LogP contribution in [0.5, 0.6) is 0 Å². The van der Waals surface area contributed by atoms with E-state index in [2.05, 4.69) is 48.5 Å². The van der Waals surface area contributed by atoms with Crippen molar-refractivity contribution in [2.75, 3.05) is 0 Å². The van der Waals surface area contributed by atoms with Crippen molar-refractivity contribution in [2.24, 2.45) is 0 Å². The van der Waals surface area contributed by atoms with E-state index in [-0.39, 0.29) is 20.1 Å². The fraction of sp³-hybridized carbons (Fsp3) is 0. The van der Waals surface area contributed by atoms with Crippen LogP contribution < -0.4 is 0 Å². The molecule has 0 bridgehead atoms. The van der Waals surface area contributed by atoms with Crippen LogP contribution in [0, 0.1) is 6.07 Å². The average Bonchev–Trinajstić information content (AvgIpc) is 2.73. The number of para-hydroxylation sites is 2. The van der Waals surface area contributed by atoms with Gasteiger partial charge < -0.3 is 0 Å². The van der Waals surface area contributed by atoms with Gasteiger partial charge in [-0.1, -0.05) is 60.2 Å². The minimum Gasteiger partial charge on any atom is -0.296 e. The monoisotopic (exact) mass is 524 g/mol. The van der Waals surface area contributed by atoms with Gasteiger partial charge in [-0.25, -0.2) is 0 Å². The third-order valence-corrected chi connectivity index (χ3v) is 4.58. The minimum atomic E-state index is 0. The van der Waals surface area contributed by atoms with E-state index in [1.54, 1.807) is 0 Å². The fourth-order valence-electron chi connectivity index (χ4n) is 3.19. The Morgan fingerprint density at radius 3 is 1.78 bits per heavy atom. The van der Waals surface area contributed by atoms with Gasteiger partial charge in [0.2, 0.25) is 0 Å². The van der Waals surface area contributed by atoms with Crippen molar-refractivity contribution in [1.82, 2.24) is 9.97 Å². The van der Waals surface area contributed by atoms with E-state index in [1.165, 1.54) is 0 Å². The molecule has 0 amide bonds. The zero-order valence-electron chi connectivity index (χ0n) is 14.4. The van der Waals surface area contributed by atoms with E-state index in [4.69, 9.17) is 9.97 Å². The van der Waals surface area contributed by atoms with Crippen LogP contribution in [0.15, 0.2) is 91.0 Å². The molecule has 0 atom stereocenters. The quantitative estimate of drug-likeness (QED) is 0.269. The van der Waals surface area contributed by atoms with Crippen LogP contribution in [0.1, 0.15) is 0 Å². The fourth-order valence-corrected chi connectivity index (χ4v) is 3.19. The van der Waals surface area contributed by atoms with Crippen LogP contribution in [0.25, 0.3) is 44.3 Å². The van der Waals surface area contributed by atoms with E-state index < -0.39 is 0 Å². The number of rotatable bonds is 2. The standard InChI is InChI=1S/C24H15N2.Ir/c1-3-7-21-17(5-1)13-15-23(25-21)19-9-11-20(12-10-19)24-16-14-18-6-2-4-8-22(18)26-24;/h1-11,13-16H;/q-1;. The van der Waals surface area contributed by atoms with Gasteiger partial charge in [0.05, 0.1) is 11.0 Å². The van der Waals surface area contributed by atoms with Gasteiger partial charge in [-0.3, -0.25) is 9.97 Å². The maximum atomic E-state index is 4.75. The van der Waals surface area contributed by atoms with Crippen molar-refractivity contribution >= 4 is 21.8 Å². The van der Waals surface area contributed by atoms with Crippen molar-refractivity contribution in [1.29, 1.82) is 0 Å². The van der Waals surface area contributed by atoms with Gasteiger partial charge in [-0.15, -0.1) is 29.8 Å². The van der Waals surface area contributed by atoms with Gasteiger partial charge >= 0.3 is 0 Å². The molecule has 0 saturated carbocycles. The second-order valence-electron chi connectivity index (χ2n) is 6.27. The zero-order valence-corrected chi connectivity index (χ0v) is 16.8. The summed E-state index contributed by atoms with van der Waals surface area (Å²) < 4.78 is 0. The third-order valence-electron chi connectivity index (χ3n) is 4.58. The maximum absolute atomic E-state index is 4.75. The summed E-state index contributed by atoms with van der Waals surface area (Å²) in [5, 5.41) is 2.30. The van der Waals surface area contributed by atoms with Gasteiger partial charge in [0.25, 0.3) is 0 Å². The molecule has 3 heteroatoms. The Hall–Kier alpha value is -2.87. The second kappa shape index (κ2) is 7.40. The second-order valence-corrected chi connectivity index (χ2v) is 6.27. The van der Waals surface area contributed by atoms with Crippen LogP contribution in [0.4, 0.5) is 0 Å². The molecular formula is C24H15IrN2-. The SMILES string of the molecule is [Ir].[c-]1cc(-c2ccc3ccccc3n2)ccc1-c1ccc2ccccc2n1. The van der Waals surface area contributed by atoms with Crippen LogP contribution in [-0.2, 0) is 20.1 Å². The molecule has 2 aromatic heterocycles. The molecule has 2 heterocycles. The summed E-state index contributed by atoms with van der Waals surface area (Å²) in [6.45, 7) is 0. The average molecular weight is 524 g/mol. The summed E-state index contributed by atoms with van der Waals surface area (Å²) in [6.07, 6.45) is 0. The smallest absolute Gasteiger partial charge is 0.0699 e. The molecule has 27 heavy (non-hydrogen) atoms. The van der Waals surface area contributed by atoms with Crippen molar-refractivity contribution in [3.05, 3.63) is 97.1 Å². The Balaban J connectivity index is 0.00000180. The van der Waals surface area contributed by atoms with Crippen LogP contribution in [0.2, 0.25) is 0 Å². The first-order valence-electron chi connectivity index (χ1n) is 8.61. The van der Waals surface area contributed by atoms with E-state index in [0.29, 0.717) is 0 Å². The molecule has 131 valence electrons. The normalized spacial score (nSPS) is 10.7. The van der Waals surface area contributed by atoms with Crippen LogP contribution in [0.3, 0.4) is 0 Å². The molecule has 3 aromatic carbocycles. The van der Waals surface area contributed by atoms with Gasteiger partial charge in [0.1, 0.15) is 0 Å². The first kappa shape index (κ1) is 17.5. The Morgan fingerprint density at radius 1 is 0.556 bits per heavy atom. The Bertz CT molecular complexity index is 1130. The summed E-state index contributed by atoms with van der Waals surface area (Å²) in [4.78, 5) is 9.50. The Morgan fingerprint density at radius 2 is 1.15 bits per heavy atom. The van der Waals surface area contributed by atoms with Crippen LogP contribution >= 0.6 is 0 Å². The predicted octanol–water partition coefficient (Wildman–Crippen LogP) is 5.91. The molecule has 0 aliphatic rings. The van der Waals surface area contributed by atoms with Crippen molar-refractivity contribution in [3.63, 3.8) is 0 Å². The molecule has 0 unspecified atom stereocenters. The number of aromatic nitrogens is 2. The summed E-state index contributed by atoms with van der Waals surface area (Å²) >= 11 is 0. The van der Waals surface area contributed by atoms with Gasteiger partial charge in [-0.05, 0) is 29.3 Å². The van der Waals surface area contributed by atoms with Crippen molar-refractivity contribution in [3.8, 4) is 22.5 Å². The topological polar surface area (TPSA) is 25.8 Å². The largest absolute Gasteiger partial charge is 0.296 e. The molecule has 0 aliphatic carbocycles. The first-order chi connectivity index (χ1) is 12.9. The molecule has 5 rings (SSSR count). The maximum Gasteiger partial charge on any atom is 0.0699 e. The number of nitrogens with zero attached hydrogens (tertiary/aromatic N) is 2. The van der Waals surface area contributed by atoms with E-state index in [0.717, 1.165) is 44.3 Å². The Kier molecular flexibility index (Phi) is 4.81. The molecule has 2 nitrogen and oxygen atoms in total.